The Morgan fingerprint density at radius 2 is 0.966 bits per heavy atom. The molecule has 0 aliphatic carbocycles. The van der Waals surface area contributed by atoms with Gasteiger partial charge in [-0.2, -0.15) is 0 Å². The molecule has 320 valence electrons. The van der Waals surface area contributed by atoms with Gasteiger partial charge in [0.2, 0.25) is 0 Å². The average molecular weight is 853 g/mol. The Balaban J connectivity index is 0.000000345. The standard InChI is InChI=1S/2C8H11N.C8H12S.C7H10N2.C7H10O.C7H10S.C6H8S/c1-6-4-9-5-7(2)8(6)3;1-6-4-5-9-8(3)7(6)2;1-6(2)8-5-4-7(3)9-8;1-5-6(2)8-4-9-7(5)3;2*1-5-4-6(2)8-7(5)3;1-5-3-4-6(2)7-5/h2*4-5H,1-3H3;4-6H,1-3H3;4H,1-3H3;2*4H,1-3H3;3-4H,1-2H3. The number of nitrogens with zero attached hydrogens (tertiary/aromatic N) is 4. The van der Waals surface area contributed by atoms with Gasteiger partial charge in [-0.15, -0.1) is 34.0 Å². The van der Waals surface area contributed by atoms with Crippen molar-refractivity contribution < 1.29 is 4.42 Å². The second kappa shape index (κ2) is 26.8. The zero-order valence-corrected chi connectivity index (χ0v) is 42.3. The van der Waals surface area contributed by atoms with Crippen molar-refractivity contribution >= 4 is 34.0 Å². The van der Waals surface area contributed by atoms with Crippen molar-refractivity contribution in [2.75, 3.05) is 0 Å². The van der Waals surface area contributed by atoms with Crippen LogP contribution < -0.4 is 0 Å². The highest BCUT2D eigenvalue weighted by Crippen LogP contribution is 2.23. The van der Waals surface area contributed by atoms with Crippen LogP contribution in [-0.2, 0) is 0 Å². The van der Waals surface area contributed by atoms with E-state index in [1.807, 2.05) is 113 Å². The molecule has 7 heterocycles. The van der Waals surface area contributed by atoms with E-state index in [2.05, 4.69) is 140 Å². The van der Waals surface area contributed by atoms with Gasteiger partial charge in [-0.3, -0.25) is 9.97 Å². The monoisotopic (exact) mass is 852 g/mol. The maximum Gasteiger partial charge on any atom is 0.115 e. The summed E-state index contributed by atoms with van der Waals surface area (Å²) < 4.78 is 5.21. The maximum absolute atomic E-state index is 5.21. The Morgan fingerprint density at radius 1 is 0.458 bits per heavy atom. The van der Waals surface area contributed by atoms with Gasteiger partial charge in [-0.1, -0.05) is 13.8 Å². The van der Waals surface area contributed by atoms with Crippen molar-refractivity contribution in [1.82, 2.24) is 19.9 Å². The van der Waals surface area contributed by atoms with E-state index in [1.165, 1.54) is 73.8 Å². The molecular weight excluding hydrogens is 781 g/mol. The van der Waals surface area contributed by atoms with E-state index in [-0.39, 0.29) is 0 Å². The van der Waals surface area contributed by atoms with Crippen LogP contribution in [0.1, 0.15) is 122 Å². The van der Waals surface area contributed by atoms with Gasteiger partial charge in [-0.05, 0) is 218 Å². The minimum Gasteiger partial charge on any atom is -0.466 e. The van der Waals surface area contributed by atoms with Crippen LogP contribution in [0.4, 0.5) is 0 Å². The molecule has 7 rings (SSSR count). The molecule has 0 bridgehead atoms. The zero-order valence-electron chi connectivity index (χ0n) is 39.9. The predicted octanol–water partition coefficient (Wildman–Crippen LogP) is 15.8. The van der Waals surface area contributed by atoms with Gasteiger partial charge in [0.05, 0.1) is 0 Å². The van der Waals surface area contributed by atoms with Crippen LogP contribution in [0.25, 0.3) is 0 Å². The van der Waals surface area contributed by atoms with Crippen LogP contribution in [0.2, 0.25) is 0 Å². The maximum atomic E-state index is 5.21. The van der Waals surface area contributed by atoms with E-state index in [9.17, 15) is 0 Å². The Morgan fingerprint density at radius 3 is 1.22 bits per heavy atom. The highest BCUT2D eigenvalue weighted by molar-refractivity contribution is 7.12. The van der Waals surface area contributed by atoms with Crippen LogP contribution in [0.15, 0.2) is 71.8 Å². The van der Waals surface area contributed by atoms with E-state index in [4.69, 9.17) is 4.42 Å². The number of thiophene rings is 3. The van der Waals surface area contributed by atoms with Gasteiger partial charge in [0, 0.05) is 64.9 Å². The molecule has 0 saturated carbocycles. The summed E-state index contributed by atoms with van der Waals surface area (Å²) in [6.45, 7) is 41.8. The summed E-state index contributed by atoms with van der Waals surface area (Å²) in [6, 6.07) is 15.0. The summed E-state index contributed by atoms with van der Waals surface area (Å²) in [5.41, 5.74) is 13.7. The molecule has 0 unspecified atom stereocenters. The molecule has 0 aliphatic rings. The Labute approximate surface area is 370 Å². The average Bonchev–Trinajstić information content (AvgIpc) is 3.93. The zero-order chi connectivity index (χ0) is 45.0. The molecule has 0 aliphatic heterocycles. The second-order valence-corrected chi connectivity index (χ2v) is 19.6. The smallest absolute Gasteiger partial charge is 0.115 e. The van der Waals surface area contributed by atoms with Crippen LogP contribution in [-0.4, -0.2) is 19.9 Å². The lowest BCUT2D eigenvalue weighted by Crippen LogP contribution is -1.92. The molecule has 7 aromatic heterocycles. The van der Waals surface area contributed by atoms with Gasteiger partial charge in [-0.25, -0.2) is 9.97 Å². The molecule has 7 aromatic rings. The predicted molar refractivity (Wildman–Crippen MR) is 262 cm³/mol. The van der Waals surface area contributed by atoms with Gasteiger partial charge in [0.15, 0.2) is 0 Å². The second-order valence-electron chi connectivity index (χ2n) is 15.4. The number of aromatic nitrogens is 4. The summed E-state index contributed by atoms with van der Waals surface area (Å²) in [5.74, 6) is 2.73. The first-order chi connectivity index (χ1) is 27.5. The molecule has 0 saturated heterocycles. The normalized spacial score (nSPS) is 9.85. The lowest BCUT2D eigenvalue weighted by molar-refractivity contribution is 0.502. The van der Waals surface area contributed by atoms with Crippen LogP contribution in [0.3, 0.4) is 0 Å². The Bertz CT molecular complexity index is 1990. The van der Waals surface area contributed by atoms with Crippen LogP contribution >= 0.6 is 34.0 Å². The first-order valence-electron chi connectivity index (χ1n) is 20.2. The van der Waals surface area contributed by atoms with Crippen molar-refractivity contribution in [2.24, 2.45) is 0 Å². The summed E-state index contributed by atoms with van der Waals surface area (Å²) in [4.78, 5) is 24.8. The highest BCUT2D eigenvalue weighted by atomic mass is 32.1. The molecule has 5 nitrogen and oxygen atoms in total. The van der Waals surface area contributed by atoms with E-state index in [0.717, 1.165) is 28.6 Å². The number of hydrogen-bond acceptors (Lipinski definition) is 8. The number of furan rings is 1. The summed E-state index contributed by atoms with van der Waals surface area (Å²) in [6.07, 6.45) is 7.22. The SMILES string of the molecule is Cc1cc(C)c(C)o1.Cc1cc(C)c(C)s1.Cc1ccc(C(C)C)s1.Cc1ccc(C)s1.Cc1ccnc(C)c1C.Cc1cncc(C)c1C.Cc1ncnc(C)c1C. The van der Waals surface area contributed by atoms with Crippen molar-refractivity contribution in [2.45, 2.75) is 144 Å². The topological polar surface area (TPSA) is 64.7 Å². The number of hydrogen-bond donors (Lipinski definition) is 0. The lowest BCUT2D eigenvalue weighted by Gasteiger charge is -1.99. The van der Waals surface area contributed by atoms with Gasteiger partial charge < -0.3 is 4.42 Å². The fourth-order valence-electron chi connectivity index (χ4n) is 5.03. The van der Waals surface area contributed by atoms with E-state index in [1.54, 1.807) is 6.33 Å². The molecule has 0 amide bonds. The van der Waals surface area contributed by atoms with Crippen molar-refractivity contribution in [3.05, 3.63) is 170 Å². The molecule has 8 heteroatoms. The third-order valence-corrected chi connectivity index (χ3v) is 13.1. The largest absolute Gasteiger partial charge is 0.466 e. The molecule has 0 spiro atoms. The first kappa shape index (κ1) is 52.8. The first-order valence-corrected chi connectivity index (χ1v) is 22.7. The fraction of sp³-hybridized carbons (Fsp3) is 0.412. The molecule has 0 N–H and O–H groups in total. The molecular formula is C51H72N4OS3. The van der Waals surface area contributed by atoms with E-state index >= 15 is 0 Å². The van der Waals surface area contributed by atoms with Gasteiger partial charge >= 0.3 is 0 Å². The minimum absolute atomic E-state index is 0.698. The van der Waals surface area contributed by atoms with Crippen molar-refractivity contribution in [3.8, 4) is 0 Å². The third-order valence-electron chi connectivity index (χ3n) is 9.82. The molecule has 0 radical (unpaired) electrons. The molecule has 0 aromatic carbocycles. The fourth-order valence-corrected chi connectivity index (χ4v) is 7.63. The van der Waals surface area contributed by atoms with E-state index in [0.29, 0.717) is 5.92 Å². The number of aryl methyl sites for hydroxylation is 15. The van der Waals surface area contributed by atoms with Crippen LogP contribution in [0, 0.1) is 125 Å². The van der Waals surface area contributed by atoms with Crippen LogP contribution in [0.5, 0.6) is 0 Å². The Kier molecular flexibility index (Phi) is 24.0. The molecule has 59 heavy (non-hydrogen) atoms. The van der Waals surface area contributed by atoms with Gasteiger partial charge in [0.1, 0.15) is 17.8 Å². The third kappa shape index (κ3) is 20.5. The van der Waals surface area contributed by atoms with E-state index < -0.39 is 0 Å². The summed E-state index contributed by atoms with van der Waals surface area (Å²) in [7, 11) is 0. The lowest BCUT2D eigenvalue weighted by atomic mass is 10.1. The summed E-state index contributed by atoms with van der Waals surface area (Å²) in [5, 5.41) is 0. The van der Waals surface area contributed by atoms with Crippen molar-refractivity contribution in [3.63, 3.8) is 0 Å². The molecule has 0 fully saturated rings. The minimum atomic E-state index is 0.698. The number of pyridine rings is 2. The van der Waals surface area contributed by atoms with Gasteiger partial charge in [0.25, 0.3) is 0 Å². The highest BCUT2D eigenvalue weighted by Gasteiger charge is 2.00. The van der Waals surface area contributed by atoms with Crippen molar-refractivity contribution in [1.29, 1.82) is 0 Å². The number of rotatable bonds is 1. The molecule has 0 atom stereocenters. The summed E-state index contributed by atoms with van der Waals surface area (Å²) >= 11 is 5.61. The quantitative estimate of drug-likeness (QED) is 0.165. The Hall–Kier alpha value is -4.24.